The molecule has 0 saturated carbocycles. The van der Waals surface area contributed by atoms with Crippen LogP contribution in [0.1, 0.15) is 0 Å². The van der Waals surface area contributed by atoms with Crippen molar-refractivity contribution in [3.05, 3.63) is 0 Å². The van der Waals surface area contributed by atoms with Crippen LogP contribution in [0.3, 0.4) is 0 Å². The maximum Gasteiger partial charge on any atom is 0.250 e. The van der Waals surface area contributed by atoms with E-state index in [2.05, 4.69) is 20.6 Å². The minimum atomic E-state index is -1.96. The Morgan fingerprint density at radius 1 is 1.12 bits per heavy atom. The van der Waals surface area contributed by atoms with E-state index in [1.165, 1.54) is 0 Å². The van der Waals surface area contributed by atoms with Crippen molar-refractivity contribution >= 4 is 30.0 Å². The van der Waals surface area contributed by atoms with Gasteiger partial charge in [0.2, 0.25) is 11.8 Å². The SMILES string of the molecule is NC1=NCC(N(C(=O)[C@H](NC(=O)[C@@H](N)CO)C(O)C2CN=C(N)N2C2O[C@H](CO)[C@@H](O)[C@H](O)[C@@H]2O)[C@H](C=O)CO)N1. The summed E-state index contributed by atoms with van der Waals surface area (Å²) in [4.78, 5) is 48.2. The normalized spacial score (nSPS) is 32.7. The molecule has 232 valence electrons. The predicted molar refractivity (Wildman–Crippen MR) is 136 cm³/mol. The van der Waals surface area contributed by atoms with E-state index in [4.69, 9.17) is 21.9 Å². The van der Waals surface area contributed by atoms with Crippen molar-refractivity contribution in [1.82, 2.24) is 20.4 Å². The number of amides is 2. The lowest BCUT2D eigenvalue weighted by molar-refractivity contribution is -0.260. The van der Waals surface area contributed by atoms with Crippen LogP contribution in [0.4, 0.5) is 0 Å². The quantitative estimate of drug-likeness (QED) is 0.0937. The van der Waals surface area contributed by atoms with Crippen molar-refractivity contribution in [3.8, 4) is 0 Å². The minimum absolute atomic E-state index is 0.0791. The highest BCUT2D eigenvalue weighted by atomic mass is 16.6. The van der Waals surface area contributed by atoms with Gasteiger partial charge in [-0.05, 0) is 0 Å². The number of carbonyl (C=O) groups excluding carboxylic acids is 3. The molecule has 2 amide bonds. The number of aliphatic hydroxyl groups excluding tert-OH is 7. The zero-order chi connectivity index (χ0) is 30.6. The van der Waals surface area contributed by atoms with Gasteiger partial charge in [-0.2, -0.15) is 0 Å². The van der Waals surface area contributed by atoms with Gasteiger partial charge in [0.25, 0.3) is 0 Å². The summed E-state index contributed by atoms with van der Waals surface area (Å²) in [7, 11) is 0. The van der Waals surface area contributed by atoms with E-state index in [1.54, 1.807) is 0 Å². The lowest BCUT2D eigenvalue weighted by Crippen LogP contribution is -2.70. The van der Waals surface area contributed by atoms with Crippen LogP contribution in [0.5, 0.6) is 0 Å². The van der Waals surface area contributed by atoms with Crippen LogP contribution in [0.2, 0.25) is 0 Å². The highest BCUT2D eigenvalue weighted by Gasteiger charge is 2.52. The molecule has 0 aromatic heterocycles. The fraction of sp³-hybridized carbons (Fsp3) is 0.762. The first kappa shape index (κ1) is 32.3. The monoisotopic (exact) mass is 591 g/mol. The molecule has 3 heterocycles. The first-order valence-corrected chi connectivity index (χ1v) is 12.6. The average molecular weight is 592 g/mol. The Labute approximate surface area is 233 Å². The van der Waals surface area contributed by atoms with Crippen LogP contribution in [-0.2, 0) is 19.1 Å². The minimum Gasteiger partial charge on any atom is -0.394 e. The molecule has 4 unspecified atom stereocenters. The summed E-state index contributed by atoms with van der Waals surface area (Å²) in [5.74, 6) is -2.58. The first-order valence-electron chi connectivity index (χ1n) is 12.6. The summed E-state index contributed by atoms with van der Waals surface area (Å²) >= 11 is 0. The first-order chi connectivity index (χ1) is 19.4. The summed E-state index contributed by atoms with van der Waals surface area (Å²) in [5, 5.41) is 76.2. The summed E-state index contributed by atoms with van der Waals surface area (Å²) in [6, 6.07) is -6.29. The Morgan fingerprint density at radius 2 is 1.80 bits per heavy atom. The number of nitrogens with zero attached hydrogens (tertiary/aromatic N) is 4. The van der Waals surface area contributed by atoms with Crippen molar-refractivity contribution in [3.63, 3.8) is 0 Å². The number of nitrogens with two attached hydrogens (primary N) is 3. The van der Waals surface area contributed by atoms with Crippen molar-refractivity contribution in [2.75, 3.05) is 32.9 Å². The molecule has 1 saturated heterocycles. The summed E-state index contributed by atoms with van der Waals surface area (Å²) < 4.78 is 5.55. The molecule has 1 fully saturated rings. The zero-order valence-electron chi connectivity index (χ0n) is 21.7. The van der Waals surface area contributed by atoms with Crippen LogP contribution in [0.25, 0.3) is 0 Å². The third kappa shape index (κ3) is 6.50. The topological polar surface area (TPSA) is 335 Å². The Balaban J connectivity index is 1.99. The molecule has 20 nitrogen and oxygen atoms in total. The van der Waals surface area contributed by atoms with E-state index in [-0.39, 0.29) is 31.3 Å². The maximum atomic E-state index is 13.9. The van der Waals surface area contributed by atoms with Gasteiger partial charge >= 0.3 is 0 Å². The molecule has 0 radical (unpaired) electrons. The zero-order valence-corrected chi connectivity index (χ0v) is 21.7. The molecule has 0 spiro atoms. The second kappa shape index (κ2) is 13.6. The number of rotatable bonds is 12. The highest BCUT2D eigenvalue weighted by molar-refractivity contribution is 5.92. The highest BCUT2D eigenvalue weighted by Crippen LogP contribution is 2.29. The van der Waals surface area contributed by atoms with E-state index in [0.717, 1.165) is 9.80 Å². The molecular formula is C21H37N9O11. The van der Waals surface area contributed by atoms with Gasteiger partial charge in [-0.25, -0.2) is 4.99 Å². The molecule has 11 atom stereocenters. The Kier molecular flexibility index (Phi) is 10.7. The van der Waals surface area contributed by atoms with Gasteiger partial charge in [-0.15, -0.1) is 0 Å². The summed E-state index contributed by atoms with van der Waals surface area (Å²) in [6.45, 7) is -2.92. The molecule has 0 aromatic carbocycles. The smallest absolute Gasteiger partial charge is 0.250 e. The number of carbonyl (C=O) groups is 3. The van der Waals surface area contributed by atoms with Gasteiger partial charge in [0.05, 0.1) is 39.0 Å². The number of hydrogen-bond donors (Lipinski definition) is 12. The van der Waals surface area contributed by atoms with E-state index >= 15 is 0 Å². The molecule has 3 rings (SSSR count). The van der Waals surface area contributed by atoms with Crippen molar-refractivity contribution in [1.29, 1.82) is 0 Å². The number of aldehydes is 1. The summed E-state index contributed by atoms with van der Waals surface area (Å²) in [5.41, 5.74) is 17.2. The molecule has 20 heteroatoms. The number of aliphatic imine (C=N–C) groups is 2. The molecule has 3 aliphatic rings. The van der Waals surface area contributed by atoms with Gasteiger partial charge < -0.3 is 82.9 Å². The third-order valence-electron chi connectivity index (χ3n) is 7.08. The fourth-order valence-electron chi connectivity index (χ4n) is 4.80. The Bertz CT molecular complexity index is 1020. The van der Waals surface area contributed by atoms with Crippen LogP contribution < -0.4 is 27.8 Å². The fourth-order valence-corrected chi connectivity index (χ4v) is 4.80. The Hall–Kier alpha value is -3.21. The van der Waals surface area contributed by atoms with Crippen LogP contribution in [0, 0.1) is 0 Å². The Morgan fingerprint density at radius 3 is 2.34 bits per heavy atom. The van der Waals surface area contributed by atoms with Gasteiger partial charge in [-0.3, -0.25) is 14.6 Å². The van der Waals surface area contributed by atoms with Crippen LogP contribution >= 0.6 is 0 Å². The lowest BCUT2D eigenvalue weighted by Gasteiger charge is -2.47. The molecule has 3 aliphatic heterocycles. The van der Waals surface area contributed by atoms with E-state index in [9.17, 15) is 50.1 Å². The molecule has 0 aliphatic carbocycles. The third-order valence-corrected chi connectivity index (χ3v) is 7.08. The van der Waals surface area contributed by atoms with Crippen molar-refractivity contribution in [2.24, 2.45) is 27.2 Å². The van der Waals surface area contributed by atoms with Gasteiger partial charge in [-0.1, -0.05) is 0 Å². The predicted octanol–water partition coefficient (Wildman–Crippen LogP) is -9.42. The standard InChI is InChI=1S/C21H37N9O11/c22-8(5-33)17(39)28-12(18(40)29(7(3-31)4-32)11-2-25-20(23)27-11)13(35)9-1-26-21(24)30(9)19-16(38)15(37)14(36)10(6-34)41-19/h3,7-16,19,32-38H,1-2,4-6,22H2,(H2,24,26)(H,28,39)(H3,23,25,27)/t7-,8+,9?,10-,11?,12-,13?,14-,15+,16+,19?/m1/s1. The van der Waals surface area contributed by atoms with E-state index in [1.807, 2.05) is 0 Å². The molecule has 0 aromatic rings. The van der Waals surface area contributed by atoms with E-state index < -0.39 is 98.7 Å². The van der Waals surface area contributed by atoms with Crippen molar-refractivity contribution < 1.29 is 54.9 Å². The lowest BCUT2D eigenvalue weighted by atomic mass is 9.95. The average Bonchev–Trinajstić information content (AvgIpc) is 3.57. The van der Waals surface area contributed by atoms with Gasteiger partial charge in [0, 0.05) is 0 Å². The number of guanidine groups is 2. The van der Waals surface area contributed by atoms with Gasteiger partial charge in [0.15, 0.2) is 18.1 Å². The molecule has 41 heavy (non-hydrogen) atoms. The number of nitrogens with one attached hydrogen (secondary N) is 2. The number of ether oxygens (including phenoxy) is 1. The molecule has 15 N–H and O–H groups in total. The molecular weight excluding hydrogens is 554 g/mol. The number of hydrogen-bond acceptors (Lipinski definition) is 18. The van der Waals surface area contributed by atoms with Crippen molar-refractivity contribution in [2.45, 2.75) is 67.1 Å². The second-order valence-corrected chi connectivity index (χ2v) is 9.68. The van der Waals surface area contributed by atoms with E-state index in [0.29, 0.717) is 0 Å². The largest absolute Gasteiger partial charge is 0.394 e. The van der Waals surface area contributed by atoms with Gasteiger partial charge in [0.1, 0.15) is 61.1 Å². The second-order valence-electron chi connectivity index (χ2n) is 9.68. The molecule has 0 bridgehead atoms. The maximum absolute atomic E-state index is 13.9. The van der Waals surface area contributed by atoms with Crippen LogP contribution in [0.15, 0.2) is 9.98 Å². The number of aliphatic hydroxyl groups is 7. The van der Waals surface area contributed by atoms with Crippen LogP contribution in [-0.4, -0.2) is 176 Å². The summed E-state index contributed by atoms with van der Waals surface area (Å²) in [6.07, 6.45) is -11.1.